The summed E-state index contributed by atoms with van der Waals surface area (Å²) in [7, 11) is 1.27. The maximum atomic E-state index is 13.9. The molecule has 0 aliphatic rings. The van der Waals surface area contributed by atoms with Crippen LogP contribution in [0.3, 0.4) is 0 Å². The molecule has 2 aromatic heterocycles. The Morgan fingerprint density at radius 2 is 2.00 bits per heavy atom. The van der Waals surface area contributed by atoms with Crippen molar-refractivity contribution in [1.82, 2.24) is 9.97 Å². The van der Waals surface area contributed by atoms with Gasteiger partial charge in [-0.25, -0.2) is 14.2 Å². The maximum Gasteiger partial charge on any atom is 0.337 e. The number of fused-ring (bicyclic) bond motifs is 1. The summed E-state index contributed by atoms with van der Waals surface area (Å²) in [5.41, 5.74) is 0.453. The minimum Gasteiger partial charge on any atom is -0.465 e. The lowest BCUT2D eigenvalue weighted by molar-refractivity contribution is 0.0601. The second-order valence-electron chi connectivity index (χ2n) is 6.31. The Bertz CT molecular complexity index is 1360. The number of carbonyl (C=O) groups is 1. The normalized spacial score (nSPS) is 11.6. The fourth-order valence-electron chi connectivity index (χ4n) is 2.93. The molecule has 0 unspecified atom stereocenters. The summed E-state index contributed by atoms with van der Waals surface area (Å²) >= 11 is 6.33. The van der Waals surface area contributed by atoms with Crippen LogP contribution in [0.25, 0.3) is 33.3 Å². The van der Waals surface area contributed by atoms with Gasteiger partial charge >= 0.3 is 5.97 Å². The number of nitrogens with zero attached hydrogens (tertiary/aromatic N) is 1. The van der Waals surface area contributed by atoms with E-state index in [-0.39, 0.29) is 21.9 Å². The lowest BCUT2D eigenvalue weighted by Crippen LogP contribution is -2.11. The van der Waals surface area contributed by atoms with Gasteiger partial charge in [-0.05, 0) is 42.5 Å². The number of nitrogens with one attached hydrogen (secondary N) is 1. The summed E-state index contributed by atoms with van der Waals surface area (Å²) in [5.74, 6) is -0.162. The Kier molecular flexibility index (Phi) is 5.20. The van der Waals surface area contributed by atoms with Crippen molar-refractivity contribution in [3.8, 4) is 11.3 Å². The third-order valence-corrected chi connectivity index (χ3v) is 4.68. The molecule has 0 atom stereocenters. The summed E-state index contributed by atoms with van der Waals surface area (Å²) in [6, 6.07) is 13.9. The second kappa shape index (κ2) is 7.96. The Morgan fingerprint density at radius 3 is 2.77 bits per heavy atom. The number of esters is 1. The molecule has 1 N–H and O–H groups in total. The van der Waals surface area contributed by atoms with Crippen molar-refractivity contribution in [1.29, 1.82) is 0 Å². The Morgan fingerprint density at radius 1 is 1.20 bits per heavy atom. The molecular weight excluding hydrogens is 411 g/mol. The summed E-state index contributed by atoms with van der Waals surface area (Å²) < 4.78 is 24.3. The van der Waals surface area contributed by atoms with Crippen LogP contribution in [0.5, 0.6) is 0 Å². The summed E-state index contributed by atoms with van der Waals surface area (Å²) in [6.45, 7) is 0. The number of rotatable bonds is 4. The average molecular weight is 425 g/mol. The number of furan rings is 1. The number of H-pyrrole nitrogens is 1. The number of hydrogen-bond donors (Lipinski definition) is 1. The number of hydrogen-bond acceptors (Lipinski definition) is 5. The molecule has 150 valence electrons. The van der Waals surface area contributed by atoms with Gasteiger partial charge in [0.05, 0.1) is 34.2 Å². The zero-order chi connectivity index (χ0) is 21.3. The first-order valence-electron chi connectivity index (χ1n) is 8.81. The lowest BCUT2D eigenvalue weighted by Gasteiger charge is -2.04. The van der Waals surface area contributed by atoms with Gasteiger partial charge in [0.1, 0.15) is 17.3 Å². The van der Waals surface area contributed by atoms with Crippen molar-refractivity contribution < 1.29 is 18.3 Å². The van der Waals surface area contributed by atoms with Crippen LogP contribution in [-0.2, 0) is 4.74 Å². The van der Waals surface area contributed by atoms with Crippen LogP contribution in [0.2, 0.25) is 0 Å². The SMILES string of the molecule is COC(=O)c1ccc2c(=O)[nH]c(C(Cl)=Cc3ccc(-c4ccccc4F)o3)nc2c1. The molecule has 2 aromatic carbocycles. The van der Waals surface area contributed by atoms with Crippen molar-refractivity contribution >= 4 is 39.6 Å². The topological polar surface area (TPSA) is 85.2 Å². The van der Waals surface area contributed by atoms with Crippen molar-refractivity contribution in [3.63, 3.8) is 0 Å². The zero-order valence-corrected chi connectivity index (χ0v) is 16.4. The first-order chi connectivity index (χ1) is 14.5. The predicted octanol–water partition coefficient (Wildman–Crippen LogP) is 4.85. The number of benzene rings is 2. The van der Waals surface area contributed by atoms with Gasteiger partial charge in [0.15, 0.2) is 5.82 Å². The smallest absolute Gasteiger partial charge is 0.337 e. The number of aromatic nitrogens is 2. The molecule has 0 saturated heterocycles. The van der Waals surface area contributed by atoms with Crippen LogP contribution in [-0.4, -0.2) is 23.0 Å². The molecular formula is C22H14ClFN2O4. The lowest BCUT2D eigenvalue weighted by atomic mass is 10.1. The van der Waals surface area contributed by atoms with E-state index in [1.54, 1.807) is 30.3 Å². The standard InChI is InChI=1S/C22H14ClFN2O4/c1-29-22(28)12-6-8-15-18(10-12)25-20(26-21(15)27)16(23)11-13-7-9-19(30-13)14-4-2-3-5-17(14)24/h2-11H,1H3,(H,25,26,27). The minimum atomic E-state index is -0.543. The fourth-order valence-corrected chi connectivity index (χ4v) is 3.12. The Hall–Kier alpha value is -3.71. The minimum absolute atomic E-state index is 0.0972. The molecule has 0 spiro atoms. The number of halogens is 2. The summed E-state index contributed by atoms with van der Waals surface area (Å²) in [6.07, 6.45) is 1.46. The molecule has 4 aromatic rings. The molecule has 30 heavy (non-hydrogen) atoms. The van der Waals surface area contributed by atoms with Gasteiger partial charge in [-0.2, -0.15) is 0 Å². The molecule has 0 fully saturated rings. The second-order valence-corrected chi connectivity index (χ2v) is 6.72. The van der Waals surface area contributed by atoms with E-state index >= 15 is 0 Å². The quantitative estimate of drug-likeness (QED) is 0.473. The van der Waals surface area contributed by atoms with E-state index < -0.39 is 17.3 Å². The van der Waals surface area contributed by atoms with Crippen LogP contribution in [0.4, 0.5) is 4.39 Å². The van der Waals surface area contributed by atoms with Gasteiger partial charge < -0.3 is 14.1 Å². The average Bonchev–Trinajstić information content (AvgIpc) is 3.21. The molecule has 0 amide bonds. The van der Waals surface area contributed by atoms with Gasteiger partial charge in [0, 0.05) is 6.08 Å². The van der Waals surface area contributed by atoms with Gasteiger partial charge in [-0.1, -0.05) is 23.7 Å². The Labute approximate surface area is 174 Å². The van der Waals surface area contributed by atoms with E-state index in [4.69, 9.17) is 20.8 Å². The highest BCUT2D eigenvalue weighted by Crippen LogP contribution is 2.27. The van der Waals surface area contributed by atoms with E-state index in [1.165, 1.54) is 37.5 Å². The van der Waals surface area contributed by atoms with Crippen LogP contribution in [0.15, 0.2) is 63.8 Å². The third kappa shape index (κ3) is 3.75. The highest BCUT2D eigenvalue weighted by atomic mass is 35.5. The van der Waals surface area contributed by atoms with Gasteiger partial charge in [0.25, 0.3) is 5.56 Å². The molecule has 4 rings (SSSR count). The van der Waals surface area contributed by atoms with E-state index in [1.807, 2.05) is 0 Å². The zero-order valence-electron chi connectivity index (χ0n) is 15.6. The van der Waals surface area contributed by atoms with Crippen LogP contribution in [0, 0.1) is 5.82 Å². The van der Waals surface area contributed by atoms with E-state index in [0.29, 0.717) is 22.5 Å². The third-order valence-electron chi connectivity index (χ3n) is 4.39. The van der Waals surface area contributed by atoms with E-state index in [9.17, 15) is 14.0 Å². The van der Waals surface area contributed by atoms with Crippen molar-refractivity contribution in [3.05, 3.63) is 87.9 Å². The number of ether oxygens (including phenoxy) is 1. The number of carbonyl (C=O) groups excluding carboxylic acids is 1. The number of aromatic amines is 1. The van der Waals surface area contributed by atoms with Crippen molar-refractivity contribution in [2.75, 3.05) is 7.11 Å². The van der Waals surface area contributed by atoms with Gasteiger partial charge in [0.2, 0.25) is 0 Å². The summed E-state index contributed by atoms with van der Waals surface area (Å²) in [5, 5.41) is 0.405. The van der Waals surface area contributed by atoms with Gasteiger partial charge in [-0.15, -0.1) is 0 Å². The van der Waals surface area contributed by atoms with Crippen LogP contribution >= 0.6 is 11.6 Å². The highest BCUT2D eigenvalue weighted by molar-refractivity contribution is 6.50. The molecule has 0 saturated carbocycles. The first-order valence-corrected chi connectivity index (χ1v) is 9.19. The van der Waals surface area contributed by atoms with Gasteiger partial charge in [-0.3, -0.25) is 4.79 Å². The fraction of sp³-hybridized carbons (Fsp3) is 0.0455. The maximum absolute atomic E-state index is 13.9. The molecule has 0 radical (unpaired) electrons. The Balaban J connectivity index is 1.71. The van der Waals surface area contributed by atoms with E-state index in [0.717, 1.165) is 0 Å². The molecule has 0 bridgehead atoms. The number of methoxy groups -OCH3 is 1. The van der Waals surface area contributed by atoms with Crippen LogP contribution in [0.1, 0.15) is 21.9 Å². The molecule has 6 nitrogen and oxygen atoms in total. The molecule has 2 heterocycles. The highest BCUT2D eigenvalue weighted by Gasteiger charge is 2.13. The monoisotopic (exact) mass is 424 g/mol. The van der Waals surface area contributed by atoms with E-state index in [2.05, 4.69) is 9.97 Å². The molecule has 0 aliphatic carbocycles. The largest absolute Gasteiger partial charge is 0.465 e. The van der Waals surface area contributed by atoms with Crippen molar-refractivity contribution in [2.45, 2.75) is 0 Å². The molecule has 0 aliphatic heterocycles. The predicted molar refractivity (Wildman–Crippen MR) is 112 cm³/mol. The van der Waals surface area contributed by atoms with Crippen LogP contribution < -0.4 is 5.56 Å². The molecule has 8 heteroatoms. The first kappa shape index (κ1) is 19.6. The summed E-state index contributed by atoms with van der Waals surface area (Å²) in [4.78, 5) is 31.0. The van der Waals surface area contributed by atoms with Crippen molar-refractivity contribution in [2.24, 2.45) is 0 Å².